The van der Waals surface area contributed by atoms with Crippen molar-refractivity contribution in [2.45, 2.75) is 20.8 Å². The van der Waals surface area contributed by atoms with Crippen molar-refractivity contribution >= 4 is 45.5 Å². The molecule has 2 N–H and O–H groups in total. The number of carbonyl (C=O) groups excluding carboxylic acids is 3. The van der Waals surface area contributed by atoms with E-state index in [2.05, 4.69) is 21.2 Å². The van der Waals surface area contributed by atoms with Crippen molar-refractivity contribution in [1.82, 2.24) is 5.32 Å². The number of ether oxygens (including phenoxy) is 3. The zero-order chi connectivity index (χ0) is 24.1. The Bertz CT molecular complexity index is 1130. The molecule has 3 rings (SSSR count). The van der Waals surface area contributed by atoms with Gasteiger partial charge in [-0.25, -0.2) is 9.69 Å². The first-order valence-electron chi connectivity index (χ1n) is 10.3. The van der Waals surface area contributed by atoms with E-state index < -0.39 is 17.8 Å². The van der Waals surface area contributed by atoms with Crippen LogP contribution >= 0.6 is 15.9 Å². The molecule has 0 spiro atoms. The van der Waals surface area contributed by atoms with Crippen molar-refractivity contribution < 1.29 is 33.7 Å². The van der Waals surface area contributed by atoms with Crippen LogP contribution in [-0.4, -0.2) is 42.8 Å². The van der Waals surface area contributed by atoms with E-state index >= 15 is 0 Å². The number of amides is 4. The Morgan fingerprint density at radius 2 is 1.64 bits per heavy atom. The summed E-state index contributed by atoms with van der Waals surface area (Å²) in [6.07, 6.45) is 1.32. The van der Waals surface area contributed by atoms with Crippen molar-refractivity contribution in [3.8, 4) is 23.0 Å². The second-order valence-electron chi connectivity index (χ2n) is 6.74. The molecule has 1 aliphatic heterocycles. The molecule has 2 aromatic rings. The first kappa shape index (κ1) is 24.1. The molecule has 9 nitrogen and oxygen atoms in total. The number of urea groups is 1. The lowest BCUT2D eigenvalue weighted by Gasteiger charge is -2.28. The molecule has 0 unspecified atom stereocenters. The van der Waals surface area contributed by atoms with Gasteiger partial charge in [-0.15, -0.1) is 0 Å². The van der Waals surface area contributed by atoms with Crippen LogP contribution in [-0.2, 0) is 9.59 Å². The monoisotopic (exact) mass is 518 g/mol. The van der Waals surface area contributed by atoms with Gasteiger partial charge in [0.15, 0.2) is 11.5 Å². The molecule has 0 bridgehead atoms. The normalized spacial score (nSPS) is 15.0. The quantitative estimate of drug-likeness (QED) is 0.400. The lowest BCUT2D eigenvalue weighted by molar-refractivity contribution is -0.122. The summed E-state index contributed by atoms with van der Waals surface area (Å²) in [5.74, 6) is -0.891. The third-order valence-corrected chi connectivity index (χ3v) is 5.15. The number of barbiturate groups is 1. The van der Waals surface area contributed by atoms with E-state index in [0.717, 1.165) is 4.90 Å². The molecule has 0 radical (unpaired) electrons. The fourth-order valence-corrected chi connectivity index (χ4v) is 3.65. The van der Waals surface area contributed by atoms with Crippen molar-refractivity contribution in [3.05, 3.63) is 45.9 Å². The van der Waals surface area contributed by atoms with Gasteiger partial charge in [0.05, 0.1) is 30.0 Å². The molecular weight excluding hydrogens is 496 g/mol. The average Bonchev–Trinajstić information content (AvgIpc) is 2.76. The predicted octanol–water partition coefficient (Wildman–Crippen LogP) is 4.02. The second-order valence-corrected chi connectivity index (χ2v) is 7.59. The molecule has 10 heteroatoms. The van der Waals surface area contributed by atoms with Crippen LogP contribution in [0.1, 0.15) is 26.3 Å². The number of phenolic OH excluding ortho intramolecular Hbond substituents is 1. The van der Waals surface area contributed by atoms with Crippen LogP contribution < -0.4 is 24.4 Å². The van der Waals surface area contributed by atoms with Crippen molar-refractivity contribution in [2.24, 2.45) is 0 Å². The maximum absolute atomic E-state index is 13.3. The van der Waals surface area contributed by atoms with Crippen LogP contribution in [0, 0.1) is 0 Å². The lowest BCUT2D eigenvalue weighted by atomic mass is 10.1. The molecule has 2 aromatic carbocycles. The van der Waals surface area contributed by atoms with Crippen molar-refractivity contribution in [2.75, 3.05) is 24.7 Å². The van der Waals surface area contributed by atoms with Crippen LogP contribution in [0.15, 0.2) is 40.4 Å². The van der Waals surface area contributed by atoms with E-state index in [-0.39, 0.29) is 28.5 Å². The molecule has 174 valence electrons. The highest BCUT2D eigenvalue weighted by Gasteiger charge is 2.38. The highest BCUT2D eigenvalue weighted by Crippen LogP contribution is 2.37. The number of anilines is 1. The number of nitrogens with zero attached hydrogens (tertiary/aromatic N) is 1. The van der Waals surface area contributed by atoms with Crippen LogP contribution in [0.3, 0.4) is 0 Å². The molecular formula is C23H23BrN2O7. The van der Waals surface area contributed by atoms with Gasteiger partial charge in [0.25, 0.3) is 11.8 Å². The summed E-state index contributed by atoms with van der Waals surface area (Å²) in [6, 6.07) is 6.86. The molecule has 0 saturated carbocycles. The lowest BCUT2D eigenvalue weighted by Crippen LogP contribution is -2.54. The van der Waals surface area contributed by atoms with E-state index in [0.29, 0.717) is 35.6 Å². The number of imide groups is 2. The molecule has 33 heavy (non-hydrogen) atoms. The number of hydrogen-bond acceptors (Lipinski definition) is 7. The number of carbonyl (C=O) groups is 3. The highest BCUT2D eigenvalue weighted by molar-refractivity contribution is 9.10. The van der Waals surface area contributed by atoms with E-state index in [9.17, 15) is 19.5 Å². The third-order valence-electron chi connectivity index (χ3n) is 4.55. The summed E-state index contributed by atoms with van der Waals surface area (Å²) in [7, 11) is 0. The Labute approximate surface area is 199 Å². The topological polar surface area (TPSA) is 114 Å². The Balaban J connectivity index is 2.08. The number of aromatic hydroxyl groups is 1. The van der Waals surface area contributed by atoms with Gasteiger partial charge in [0.2, 0.25) is 0 Å². The Hall–Kier alpha value is -3.53. The smallest absolute Gasteiger partial charge is 0.336 e. The second kappa shape index (κ2) is 10.4. The van der Waals surface area contributed by atoms with Crippen LogP contribution in [0.25, 0.3) is 6.08 Å². The minimum atomic E-state index is -0.904. The Morgan fingerprint density at radius 3 is 2.30 bits per heavy atom. The molecule has 4 amide bonds. The number of benzene rings is 2. The summed E-state index contributed by atoms with van der Waals surface area (Å²) >= 11 is 3.23. The maximum atomic E-state index is 13.3. The summed E-state index contributed by atoms with van der Waals surface area (Å²) < 4.78 is 16.8. The van der Waals surface area contributed by atoms with Crippen molar-refractivity contribution in [1.29, 1.82) is 0 Å². The van der Waals surface area contributed by atoms with E-state index in [4.69, 9.17) is 14.2 Å². The molecule has 1 saturated heterocycles. The predicted molar refractivity (Wildman–Crippen MR) is 125 cm³/mol. The van der Waals surface area contributed by atoms with E-state index in [1.165, 1.54) is 24.3 Å². The van der Waals surface area contributed by atoms with Gasteiger partial charge in [0.1, 0.15) is 17.1 Å². The first-order chi connectivity index (χ1) is 15.8. The molecule has 0 aliphatic carbocycles. The van der Waals surface area contributed by atoms with Gasteiger partial charge in [-0.2, -0.15) is 0 Å². The maximum Gasteiger partial charge on any atom is 0.336 e. The summed E-state index contributed by atoms with van der Waals surface area (Å²) in [6.45, 7) is 6.32. The SMILES string of the molecule is CCOc1ccc(OCC)c(N2C(=O)NC(=O)/C(=C\c3cc(Br)c(O)c(OCC)c3)C2=O)c1. The molecule has 1 fully saturated rings. The zero-order valence-electron chi connectivity index (χ0n) is 18.3. The number of rotatable bonds is 8. The number of phenols is 1. The van der Waals surface area contributed by atoms with Crippen molar-refractivity contribution in [3.63, 3.8) is 0 Å². The van der Waals surface area contributed by atoms with Gasteiger partial charge in [0, 0.05) is 6.07 Å². The van der Waals surface area contributed by atoms with Gasteiger partial charge >= 0.3 is 6.03 Å². The standard InChI is InChI=1S/C23H23BrN2O7/c1-4-31-14-7-8-18(32-5-2)17(12-14)26-22(29)15(21(28)25-23(26)30)9-13-10-16(24)20(27)19(11-13)33-6-3/h7-12,27H,4-6H2,1-3H3,(H,25,28,30)/b15-9+. The fraction of sp³-hybridized carbons (Fsp3) is 0.261. The minimum absolute atomic E-state index is 0.107. The van der Waals surface area contributed by atoms with Gasteiger partial charge in [-0.1, -0.05) is 0 Å². The third kappa shape index (κ3) is 5.11. The molecule has 1 aliphatic rings. The van der Waals surface area contributed by atoms with Crippen LogP contribution in [0.5, 0.6) is 23.0 Å². The highest BCUT2D eigenvalue weighted by atomic mass is 79.9. The molecule has 0 aromatic heterocycles. The summed E-state index contributed by atoms with van der Waals surface area (Å²) in [5.41, 5.74) is 0.272. The minimum Gasteiger partial charge on any atom is -0.503 e. The van der Waals surface area contributed by atoms with Gasteiger partial charge in [-0.05, 0) is 72.6 Å². The van der Waals surface area contributed by atoms with E-state index in [1.807, 2.05) is 0 Å². The van der Waals surface area contributed by atoms with Gasteiger partial charge in [-0.3, -0.25) is 14.9 Å². The first-order valence-corrected chi connectivity index (χ1v) is 11.1. The largest absolute Gasteiger partial charge is 0.503 e. The summed E-state index contributed by atoms with van der Waals surface area (Å²) in [4.78, 5) is 39.4. The molecule has 0 atom stereocenters. The van der Waals surface area contributed by atoms with Crippen LogP contribution in [0.2, 0.25) is 0 Å². The Kier molecular flexibility index (Phi) is 7.59. The van der Waals surface area contributed by atoms with E-state index in [1.54, 1.807) is 32.9 Å². The van der Waals surface area contributed by atoms with Crippen LogP contribution in [0.4, 0.5) is 10.5 Å². The average molecular weight is 519 g/mol. The summed E-state index contributed by atoms with van der Waals surface area (Å²) in [5, 5.41) is 12.3. The number of halogens is 1. The Morgan fingerprint density at radius 1 is 0.970 bits per heavy atom. The fourth-order valence-electron chi connectivity index (χ4n) is 3.19. The van der Waals surface area contributed by atoms with Gasteiger partial charge < -0.3 is 19.3 Å². The number of nitrogens with one attached hydrogen (secondary N) is 1. The zero-order valence-corrected chi connectivity index (χ0v) is 19.9. The molecule has 1 heterocycles. The number of hydrogen-bond donors (Lipinski definition) is 2.